The summed E-state index contributed by atoms with van der Waals surface area (Å²) >= 11 is 25.1. The van der Waals surface area contributed by atoms with E-state index in [1.165, 1.54) is 0 Å². The first-order valence-corrected chi connectivity index (χ1v) is 11.4. The predicted molar refractivity (Wildman–Crippen MR) is 122 cm³/mol. The Morgan fingerprint density at radius 3 is 2.47 bits per heavy atom. The molecule has 0 unspecified atom stereocenters. The van der Waals surface area contributed by atoms with Crippen LogP contribution in [0.2, 0.25) is 20.1 Å². The largest absolute Gasteiger partial charge is 0.490 e. The topological polar surface area (TPSA) is 38.8 Å². The lowest BCUT2D eigenvalue weighted by molar-refractivity contribution is 0.0507. The van der Waals surface area contributed by atoms with Crippen molar-refractivity contribution in [2.75, 3.05) is 19.8 Å². The fourth-order valence-corrected chi connectivity index (χ4v) is 4.38. The quantitative estimate of drug-likeness (QED) is 0.403. The van der Waals surface area contributed by atoms with Crippen molar-refractivity contribution in [2.24, 2.45) is 0 Å². The van der Waals surface area contributed by atoms with Gasteiger partial charge in [-0.3, -0.25) is 4.79 Å². The van der Waals surface area contributed by atoms with E-state index in [9.17, 15) is 4.79 Å². The second kappa shape index (κ2) is 10.9. The van der Waals surface area contributed by atoms with E-state index in [-0.39, 0.29) is 12.0 Å². The molecule has 1 fully saturated rings. The minimum Gasteiger partial charge on any atom is -0.490 e. The molecule has 8 heteroatoms. The fourth-order valence-electron chi connectivity index (χ4n) is 3.32. The van der Waals surface area contributed by atoms with Gasteiger partial charge < -0.3 is 14.4 Å². The number of nitrogens with zero attached hydrogens (tertiary/aromatic N) is 1. The van der Waals surface area contributed by atoms with Crippen LogP contribution in [-0.2, 0) is 11.3 Å². The van der Waals surface area contributed by atoms with Crippen LogP contribution in [-0.4, -0.2) is 36.7 Å². The van der Waals surface area contributed by atoms with Gasteiger partial charge in [0.15, 0.2) is 5.75 Å². The third-order valence-electron chi connectivity index (χ3n) is 4.81. The Labute approximate surface area is 196 Å². The van der Waals surface area contributed by atoms with E-state index in [0.29, 0.717) is 57.7 Å². The molecule has 162 valence electrons. The first kappa shape index (κ1) is 23.5. The molecule has 1 aliphatic rings. The number of benzene rings is 2. The molecule has 0 aliphatic carbocycles. The summed E-state index contributed by atoms with van der Waals surface area (Å²) in [5.74, 6) is 0.186. The van der Waals surface area contributed by atoms with E-state index in [1.807, 2.05) is 13.0 Å². The van der Waals surface area contributed by atoms with Gasteiger partial charge >= 0.3 is 0 Å². The summed E-state index contributed by atoms with van der Waals surface area (Å²) in [6, 6.07) is 8.42. The molecule has 0 radical (unpaired) electrons. The maximum absolute atomic E-state index is 13.4. The standard InChI is InChI=1S/C22H23Cl4NO3/c1-2-7-30-21-19(25)9-15(10-20(21)26)22(28)27(13-17-4-3-8-29-17)12-14-5-6-16(23)11-18(14)24/h5-6,9-11,17H,2-4,7-8,12-13H2,1H3/t17-/m0/s1. The Balaban J connectivity index is 1.87. The van der Waals surface area contributed by atoms with Gasteiger partial charge in [0.1, 0.15) is 0 Å². The lowest BCUT2D eigenvalue weighted by Gasteiger charge is -2.26. The highest BCUT2D eigenvalue weighted by molar-refractivity contribution is 6.37. The van der Waals surface area contributed by atoms with Crippen LogP contribution in [0.1, 0.15) is 42.1 Å². The summed E-state index contributed by atoms with van der Waals surface area (Å²) in [5, 5.41) is 1.66. The molecule has 4 nitrogen and oxygen atoms in total. The maximum atomic E-state index is 13.4. The molecule has 0 bridgehead atoms. The smallest absolute Gasteiger partial charge is 0.254 e. The lowest BCUT2D eigenvalue weighted by atomic mass is 10.1. The highest BCUT2D eigenvalue weighted by atomic mass is 35.5. The zero-order chi connectivity index (χ0) is 21.7. The molecule has 2 aromatic rings. The molecule has 1 heterocycles. The number of hydrogen-bond acceptors (Lipinski definition) is 3. The molecule has 0 N–H and O–H groups in total. The second-order valence-electron chi connectivity index (χ2n) is 7.17. The first-order chi connectivity index (χ1) is 14.4. The van der Waals surface area contributed by atoms with Crippen molar-refractivity contribution < 1.29 is 14.3 Å². The Kier molecular flexibility index (Phi) is 8.55. The van der Waals surface area contributed by atoms with Gasteiger partial charge in [-0.2, -0.15) is 0 Å². The fraction of sp³-hybridized carbons (Fsp3) is 0.409. The number of carbonyl (C=O) groups is 1. The first-order valence-electron chi connectivity index (χ1n) is 9.85. The Hall–Kier alpha value is -1.17. The van der Waals surface area contributed by atoms with Gasteiger partial charge in [0, 0.05) is 35.3 Å². The highest BCUT2D eigenvalue weighted by Gasteiger charge is 2.25. The SMILES string of the molecule is CCCOc1c(Cl)cc(C(=O)N(Cc2ccc(Cl)cc2Cl)C[C@@H]2CCCO2)cc1Cl. The molecule has 1 saturated heterocycles. The molecule has 0 saturated carbocycles. The van der Waals surface area contributed by atoms with E-state index < -0.39 is 0 Å². The molecule has 0 spiro atoms. The van der Waals surface area contributed by atoms with Crippen LogP contribution in [0, 0.1) is 0 Å². The van der Waals surface area contributed by atoms with Crippen LogP contribution in [0.4, 0.5) is 0 Å². The van der Waals surface area contributed by atoms with Crippen LogP contribution in [0.3, 0.4) is 0 Å². The summed E-state index contributed by atoms with van der Waals surface area (Å²) in [6.45, 7) is 3.95. The van der Waals surface area contributed by atoms with Crippen molar-refractivity contribution in [3.63, 3.8) is 0 Å². The molecular formula is C22H23Cl4NO3. The summed E-state index contributed by atoms with van der Waals surface area (Å²) in [5.41, 5.74) is 1.18. The summed E-state index contributed by atoms with van der Waals surface area (Å²) < 4.78 is 11.4. The second-order valence-corrected chi connectivity index (χ2v) is 8.83. The average Bonchev–Trinajstić information content (AvgIpc) is 3.21. The van der Waals surface area contributed by atoms with Gasteiger partial charge in [0.05, 0.1) is 22.8 Å². The molecular weight excluding hydrogens is 468 g/mol. The minimum atomic E-state index is -0.206. The van der Waals surface area contributed by atoms with Crippen LogP contribution in [0.25, 0.3) is 0 Å². The lowest BCUT2D eigenvalue weighted by Crippen LogP contribution is -2.37. The molecule has 0 aromatic heterocycles. The molecule has 1 amide bonds. The van der Waals surface area contributed by atoms with Crippen LogP contribution in [0.5, 0.6) is 5.75 Å². The normalized spacial score (nSPS) is 16.0. The number of amides is 1. The van der Waals surface area contributed by atoms with E-state index in [1.54, 1.807) is 29.2 Å². The van der Waals surface area contributed by atoms with E-state index in [0.717, 1.165) is 24.8 Å². The maximum Gasteiger partial charge on any atom is 0.254 e. The third-order valence-corrected chi connectivity index (χ3v) is 5.96. The highest BCUT2D eigenvalue weighted by Crippen LogP contribution is 2.35. The van der Waals surface area contributed by atoms with Crippen LogP contribution in [0.15, 0.2) is 30.3 Å². The van der Waals surface area contributed by atoms with E-state index >= 15 is 0 Å². The number of carbonyl (C=O) groups excluding carboxylic acids is 1. The zero-order valence-electron chi connectivity index (χ0n) is 16.6. The van der Waals surface area contributed by atoms with Crippen molar-refractivity contribution >= 4 is 52.3 Å². The van der Waals surface area contributed by atoms with Crippen molar-refractivity contribution in [3.05, 3.63) is 61.5 Å². The van der Waals surface area contributed by atoms with Gasteiger partial charge in [0.25, 0.3) is 5.91 Å². The Bertz CT molecular complexity index is 877. The van der Waals surface area contributed by atoms with Gasteiger partial charge in [-0.05, 0) is 49.1 Å². The van der Waals surface area contributed by atoms with E-state index in [2.05, 4.69) is 0 Å². The third kappa shape index (κ3) is 5.95. The Morgan fingerprint density at radius 2 is 1.87 bits per heavy atom. The average molecular weight is 491 g/mol. The van der Waals surface area contributed by atoms with Gasteiger partial charge in [0.2, 0.25) is 0 Å². The zero-order valence-corrected chi connectivity index (χ0v) is 19.6. The van der Waals surface area contributed by atoms with Crippen molar-refractivity contribution in [1.82, 2.24) is 4.90 Å². The summed E-state index contributed by atoms with van der Waals surface area (Å²) in [7, 11) is 0. The number of hydrogen-bond donors (Lipinski definition) is 0. The van der Waals surface area contributed by atoms with Crippen LogP contribution >= 0.6 is 46.4 Å². The van der Waals surface area contributed by atoms with Crippen molar-refractivity contribution in [2.45, 2.75) is 38.8 Å². The molecule has 1 atom stereocenters. The Morgan fingerprint density at radius 1 is 1.13 bits per heavy atom. The van der Waals surface area contributed by atoms with E-state index in [4.69, 9.17) is 55.9 Å². The van der Waals surface area contributed by atoms with Crippen LogP contribution < -0.4 is 4.74 Å². The summed E-state index contributed by atoms with van der Waals surface area (Å²) in [4.78, 5) is 15.1. The van der Waals surface area contributed by atoms with Crippen molar-refractivity contribution in [1.29, 1.82) is 0 Å². The molecule has 3 rings (SSSR count). The number of rotatable bonds is 8. The van der Waals surface area contributed by atoms with Crippen molar-refractivity contribution in [3.8, 4) is 5.75 Å². The molecule has 2 aromatic carbocycles. The predicted octanol–water partition coefficient (Wildman–Crippen LogP) is 6.91. The van der Waals surface area contributed by atoms with Gasteiger partial charge in [-0.25, -0.2) is 0 Å². The monoisotopic (exact) mass is 489 g/mol. The molecule has 30 heavy (non-hydrogen) atoms. The number of ether oxygens (including phenoxy) is 2. The summed E-state index contributed by atoms with van der Waals surface area (Å²) in [6.07, 6.45) is 2.70. The minimum absolute atomic E-state index is 0.0156. The van der Waals surface area contributed by atoms with Gasteiger partial charge in [-0.15, -0.1) is 0 Å². The molecule has 1 aliphatic heterocycles. The van der Waals surface area contributed by atoms with Gasteiger partial charge in [-0.1, -0.05) is 59.4 Å². The number of halogens is 4.